The van der Waals surface area contributed by atoms with Crippen LogP contribution in [0.3, 0.4) is 0 Å². The minimum absolute atomic E-state index is 0.233. The smallest absolute Gasteiger partial charge is 0.240 e. The topological polar surface area (TPSA) is 116 Å². The molecule has 0 saturated carbocycles. The third kappa shape index (κ3) is 3.17. The van der Waals surface area contributed by atoms with Crippen LogP contribution in [-0.4, -0.2) is 45.8 Å². The number of carbonyl (C=O) groups excluding carboxylic acids is 2. The summed E-state index contributed by atoms with van der Waals surface area (Å²) in [6, 6.07) is 20.9. The molecular weight excluding hydrogens is 494 g/mol. The minimum atomic E-state index is -1.20. The van der Waals surface area contributed by atoms with Gasteiger partial charge in [-0.2, -0.15) is 5.26 Å². The van der Waals surface area contributed by atoms with Crippen LogP contribution in [0.4, 0.5) is 5.69 Å². The molecule has 3 aromatic carbocycles. The summed E-state index contributed by atoms with van der Waals surface area (Å²) in [4.78, 5) is 32.4. The predicted octanol–water partition coefficient (Wildman–Crippen LogP) is 4.37. The molecule has 4 aromatic rings. The van der Waals surface area contributed by atoms with E-state index in [1.54, 1.807) is 13.0 Å². The molecule has 39 heavy (non-hydrogen) atoms. The quantitative estimate of drug-likeness (QED) is 0.377. The fourth-order valence-corrected chi connectivity index (χ4v) is 7.15. The summed E-state index contributed by atoms with van der Waals surface area (Å²) in [5.74, 6) is -1.73. The molecular formula is C31H27N3O5. The summed E-state index contributed by atoms with van der Waals surface area (Å²) >= 11 is 0. The number of amides is 2. The molecule has 3 aliphatic rings. The van der Waals surface area contributed by atoms with Crippen molar-refractivity contribution in [2.45, 2.75) is 44.0 Å². The second-order valence-corrected chi connectivity index (χ2v) is 11.1. The van der Waals surface area contributed by atoms with Crippen LogP contribution in [-0.2, 0) is 14.3 Å². The monoisotopic (exact) mass is 521 g/mol. The summed E-state index contributed by atoms with van der Waals surface area (Å²) in [7, 11) is 0. The predicted molar refractivity (Wildman–Crippen MR) is 144 cm³/mol. The van der Waals surface area contributed by atoms with Gasteiger partial charge in [0.1, 0.15) is 17.4 Å². The summed E-state index contributed by atoms with van der Waals surface area (Å²) in [5, 5.41) is 23.6. The number of aliphatic hydroxyl groups excluding tert-OH is 1. The first-order valence-electron chi connectivity index (χ1n) is 13.2. The molecule has 0 radical (unpaired) electrons. The molecule has 1 aromatic heterocycles. The van der Waals surface area contributed by atoms with Crippen molar-refractivity contribution in [2.24, 2.45) is 11.8 Å². The van der Waals surface area contributed by atoms with Crippen molar-refractivity contribution >= 4 is 39.2 Å². The van der Waals surface area contributed by atoms with Gasteiger partial charge in [-0.3, -0.25) is 9.59 Å². The Labute approximate surface area is 224 Å². The number of ether oxygens (including phenoxy) is 2. The summed E-state index contributed by atoms with van der Waals surface area (Å²) in [6.45, 7) is 3.95. The zero-order valence-corrected chi connectivity index (χ0v) is 21.6. The molecule has 2 bridgehead atoms. The van der Waals surface area contributed by atoms with Crippen molar-refractivity contribution < 1.29 is 24.2 Å². The van der Waals surface area contributed by atoms with Crippen LogP contribution in [0.15, 0.2) is 60.7 Å². The number of aryl methyl sites for hydroxylation is 1. The Kier molecular flexibility index (Phi) is 5.00. The number of aromatic amines is 1. The van der Waals surface area contributed by atoms with E-state index in [-0.39, 0.29) is 24.3 Å². The first-order valence-corrected chi connectivity index (χ1v) is 13.2. The average Bonchev–Trinajstić information content (AvgIpc) is 3.59. The number of fused-ring (bicyclic) bond motifs is 7. The number of nitriles is 1. The van der Waals surface area contributed by atoms with E-state index in [1.165, 1.54) is 0 Å². The zero-order valence-electron chi connectivity index (χ0n) is 21.6. The molecule has 2 amide bonds. The number of nitrogens with zero attached hydrogens (tertiary/aromatic N) is 2. The van der Waals surface area contributed by atoms with Crippen molar-refractivity contribution in [2.75, 3.05) is 11.5 Å². The fraction of sp³-hybridized carbons (Fsp3) is 0.323. The van der Waals surface area contributed by atoms with E-state index >= 15 is 0 Å². The van der Waals surface area contributed by atoms with Crippen LogP contribution in [0.2, 0.25) is 0 Å². The van der Waals surface area contributed by atoms with Crippen LogP contribution in [0.5, 0.6) is 5.75 Å². The Hall–Kier alpha value is -4.19. The van der Waals surface area contributed by atoms with Crippen LogP contribution < -0.4 is 9.64 Å². The van der Waals surface area contributed by atoms with Gasteiger partial charge < -0.3 is 19.6 Å². The largest absolute Gasteiger partial charge is 0.493 e. The Balaban J connectivity index is 1.23. The Morgan fingerprint density at radius 3 is 2.72 bits per heavy atom. The lowest BCUT2D eigenvalue weighted by Gasteiger charge is -2.33. The number of carbonyl (C=O) groups is 2. The molecule has 4 heterocycles. The van der Waals surface area contributed by atoms with E-state index in [4.69, 9.17) is 9.47 Å². The van der Waals surface area contributed by atoms with E-state index in [0.717, 1.165) is 32.6 Å². The van der Waals surface area contributed by atoms with Gasteiger partial charge in [-0.1, -0.05) is 36.4 Å². The Bertz CT molecular complexity index is 1740. The SMILES string of the molecule is Cc1cc2c(OCCC34CC(O)C(C)(O3)C3C(=O)N(c5ccc6ccccc6c5C#N)C(=O)C34)cccc2[nH]1. The minimum Gasteiger partial charge on any atom is -0.493 e. The molecule has 8 nitrogen and oxygen atoms in total. The van der Waals surface area contributed by atoms with Crippen molar-refractivity contribution in [3.05, 3.63) is 71.9 Å². The maximum absolute atomic E-state index is 14.0. The molecule has 7 rings (SSSR count). The van der Waals surface area contributed by atoms with E-state index in [0.29, 0.717) is 11.8 Å². The molecule has 5 unspecified atom stereocenters. The Morgan fingerprint density at radius 2 is 1.90 bits per heavy atom. The van der Waals surface area contributed by atoms with Crippen LogP contribution in [0.1, 0.15) is 31.0 Å². The number of nitrogens with one attached hydrogen (secondary N) is 1. The Morgan fingerprint density at radius 1 is 1.10 bits per heavy atom. The number of aliphatic hydroxyl groups is 1. The third-order valence-electron chi connectivity index (χ3n) is 8.92. The van der Waals surface area contributed by atoms with Crippen LogP contribution >= 0.6 is 0 Å². The first kappa shape index (κ1) is 23.9. The number of anilines is 1. The highest BCUT2D eigenvalue weighted by molar-refractivity contribution is 6.24. The molecule has 2 N–H and O–H groups in total. The van der Waals surface area contributed by atoms with Crippen LogP contribution in [0.25, 0.3) is 21.7 Å². The van der Waals surface area contributed by atoms with Crippen molar-refractivity contribution in [3.8, 4) is 11.8 Å². The number of rotatable bonds is 5. The van der Waals surface area contributed by atoms with E-state index < -0.39 is 41.0 Å². The number of hydrogen-bond acceptors (Lipinski definition) is 6. The van der Waals surface area contributed by atoms with Crippen molar-refractivity contribution in [1.29, 1.82) is 5.26 Å². The van der Waals surface area contributed by atoms with Gasteiger partial charge in [0.05, 0.1) is 41.4 Å². The van der Waals surface area contributed by atoms with Crippen molar-refractivity contribution in [3.63, 3.8) is 0 Å². The number of imide groups is 1. The van der Waals surface area contributed by atoms with Gasteiger partial charge in [0.25, 0.3) is 0 Å². The lowest BCUT2D eigenvalue weighted by Crippen LogP contribution is -2.49. The molecule has 3 aliphatic heterocycles. The molecule has 0 spiro atoms. The van der Waals surface area contributed by atoms with Gasteiger partial charge in [0.15, 0.2) is 0 Å². The maximum atomic E-state index is 14.0. The molecule has 8 heteroatoms. The second kappa shape index (κ2) is 8.15. The number of hydrogen-bond donors (Lipinski definition) is 2. The highest BCUT2D eigenvalue weighted by Gasteiger charge is 2.77. The summed E-state index contributed by atoms with van der Waals surface area (Å²) in [5.41, 5.74) is 0.302. The molecule has 0 aliphatic carbocycles. The number of aromatic nitrogens is 1. The van der Waals surface area contributed by atoms with E-state index in [9.17, 15) is 20.0 Å². The normalized spacial score (nSPS) is 29.4. The van der Waals surface area contributed by atoms with Gasteiger partial charge in [-0.15, -0.1) is 0 Å². The number of H-pyrrole nitrogens is 1. The highest BCUT2D eigenvalue weighted by atomic mass is 16.6. The summed E-state index contributed by atoms with van der Waals surface area (Å²) in [6.07, 6.45) is -0.341. The fourth-order valence-electron chi connectivity index (χ4n) is 7.15. The maximum Gasteiger partial charge on any atom is 0.240 e. The standard InChI is InChI=1S/C31H27N3O5/c1-17-14-20-22(33-17)8-5-9-24(20)38-13-12-31-15-25(35)30(2,39-31)26-27(31)29(37)34(28(26)36)23-11-10-18-6-3-4-7-19(18)21(23)16-32/h3-11,14,25-27,33,35H,12-13,15H2,1-2H3. The average molecular weight is 522 g/mol. The molecule has 196 valence electrons. The molecule has 3 fully saturated rings. The highest BCUT2D eigenvalue weighted by Crippen LogP contribution is 2.62. The number of benzene rings is 3. The van der Waals surface area contributed by atoms with Crippen molar-refractivity contribution in [1.82, 2.24) is 4.98 Å². The van der Waals surface area contributed by atoms with Gasteiger partial charge in [0, 0.05) is 34.8 Å². The van der Waals surface area contributed by atoms with Gasteiger partial charge in [-0.25, -0.2) is 4.90 Å². The van der Waals surface area contributed by atoms with Gasteiger partial charge in [0.2, 0.25) is 11.8 Å². The van der Waals surface area contributed by atoms with Gasteiger partial charge >= 0.3 is 0 Å². The summed E-state index contributed by atoms with van der Waals surface area (Å²) < 4.78 is 12.6. The van der Waals surface area contributed by atoms with Gasteiger partial charge in [-0.05, 0) is 43.5 Å². The van der Waals surface area contributed by atoms with E-state index in [2.05, 4.69) is 11.1 Å². The second-order valence-electron chi connectivity index (χ2n) is 11.1. The lowest BCUT2D eigenvalue weighted by atomic mass is 9.66. The zero-order chi connectivity index (χ0) is 27.1. The lowest BCUT2D eigenvalue weighted by molar-refractivity contribution is -0.134. The third-order valence-corrected chi connectivity index (χ3v) is 8.92. The first-order chi connectivity index (χ1) is 18.8. The van der Waals surface area contributed by atoms with Crippen LogP contribution in [0, 0.1) is 30.1 Å². The molecule has 3 saturated heterocycles. The molecule has 5 atom stereocenters. The van der Waals surface area contributed by atoms with E-state index in [1.807, 2.05) is 61.5 Å².